The monoisotopic (exact) mass is 336 g/mol. The van der Waals surface area contributed by atoms with Gasteiger partial charge in [0.05, 0.1) is 26.0 Å². The van der Waals surface area contributed by atoms with Crippen LogP contribution in [-0.4, -0.2) is 19.2 Å². The Hall–Kier alpha value is -1.59. The van der Waals surface area contributed by atoms with Gasteiger partial charge in [-0.15, -0.1) is 0 Å². The van der Waals surface area contributed by atoms with E-state index in [2.05, 4.69) is 20.9 Å². The third-order valence-electron chi connectivity index (χ3n) is 3.11. The molecule has 0 radical (unpaired) electrons. The van der Waals surface area contributed by atoms with E-state index in [1.807, 2.05) is 31.2 Å². The molecule has 0 aliphatic rings. The highest BCUT2D eigenvalue weighted by atomic mass is 79.9. The second kappa shape index (κ2) is 6.24. The minimum absolute atomic E-state index is 0.355. The molecule has 5 heteroatoms. The molecule has 2 rings (SSSR count). The quantitative estimate of drug-likeness (QED) is 0.931. The summed E-state index contributed by atoms with van der Waals surface area (Å²) >= 11 is 3.48. The standard InChI is InChI=1S/C15H17BrN2O2/c1-9-6-7-18-11(8-9)14(17)10-4-5-12(19-2)13(16)15(10)20-3/h4-8,14H,17H2,1-3H3. The minimum Gasteiger partial charge on any atom is -0.495 e. The number of aromatic nitrogens is 1. The fourth-order valence-corrected chi connectivity index (χ4v) is 2.74. The van der Waals surface area contributed by atoms with E-state index in [0.717, 1.165) is 21.3 Å². The SMILES string of the molecule is COc1ccc(C(N)c2cc(C)ccn2)c(OC)c1Br. The maximum absolute atomic E-state index is 6.32. The molecule has 0 bridgehead atoms. The number of halogens is 1. The molecule has 0 aliphatic carbocycles. The van der Waals surface area contributed by atoms with Crippen molar-refractivity contribution in [2.45, 2.75) is 13.0 Å². The van der Waals surface area contributed by atoms with Gasteiger partial charge in [-0.25, -0.2) is 0 Å². The molecule has 0 aliphatic heterocycles. The van der Waals surface area contributed by atoms with Crippen LogP contribution in [0.5, 0.6) is 11.5 Å². The first-order chi connectivity index (χ1) is 9.58. The van der Waals surface area contributed by atoms with E-state index in [4.69, 9.17) is 15.2 Å². The number of ether oxygens (including phenoxy) is 2. The molecule has 0 fully saturated rings. The number of aryl methyl sites for hydroxylation is 1. The number of nitrogens with zero attached hydrogens (tertiary/aromatic N) is 1. The Morgan fingerprint density at radius 1 is 1.20 bits per heavy atom. The van der Waals surface area contributed by atoms with Gasteiger partial charge in [0.15, 0.2) is 0 Å². The molecule has 1 unspecified atom stereocenters. The summed E-state index contributed by atoms with van der Waals surface area (Å²) in [7, 11) is 3.22. The zero-order valence-electron chi connectivity index (χ0n) is 11.7. The summed E-state index contributed by atoms with van der Waals surface area (Å²) in [6.45, 7) is 2.01. The molecule has 20 heavy (non-hydrogen) atoms. The first kappa shape index (κ1) is 14.8. The van der Waals surface area contributed by atoms with E-state index in [1.54, 1.807) is 20.4 Å². The lowest BCUT2D eigenvalue weighted by Crippen LogP contribution is -2.15. The predicted octanol–water partition coefficient (Wildman–Crippen LogP) is 3.22. The fourth-order valence-electron chi connectivity index (χ4n) is 2.05. The third kappa shape index (κ3) is 2.78. The van der Waals surface area contributed by atoms with Crippen LogP contribution >= 0.6 is 15.9 Å². The smallest absolute Gasteiger partial charge is 0.141 e. The van der Waals surface area contributed by atoms with E-state index in [1.165, 1.54) is 0 Å². The van der Waals surface area contributed by atoms with Crippen LogP contribution in [0.4, 0.5) is 0 Å². The summed E-state index contributed by atoms with van der Waals surface area (Å²) < 4.78 is 11.5. The molecule has 106 valence electrons. The first-order valence-corrected chi connectivity index (χ1v) is 6.96. The summed E-state index contributed by atoms with van der Waals surface area (Å²) in [5.41, 5.74) is 9.11. The molecule has 2 N–H and O–H groups in total. The van der Waals surface area contributed by atoms with Gasteiger partial charge in [0.2, 0.25) is 0 Å². The van der Waals surface area contributed by atoms with E-state index in [-0.39, 0.29) is 6.04 Å². The van der Waals surface area contributed by atoms with Gasteiger partial charge in [0, 0.05) is 11.8 Å². The van der Waals surface area contributed by atoms with Crippen LogP contribution in [0, 0.1) is 6.92 Å². The lowest BCUT2D eigenvalue weighted by atomic mass is 10.0. The topological polar surface area (TPSA) is 57.4 Å². The van der Waals surface area contributed by atoms with E-state index in [9.17, 15) is 0 Å². The van der Waals surface area contributed by atoms with Gasteiger partial charge in [-0.1, -0.05) is 0 Å². The second-order valence-corrected chi connectivity index (χ2v) is 5.23. The van der Waals surface area contributed by atoms with Crippen LogP contribution < -0.4 is 15.2 Å². The number of hydrogen-bond donors (Lipinski definition) is 1. The fraction of sp³-hybridized carbons (Fsp3) is 0.267. The maximum Gasteiger partial charge on any atom is 0.141 e. The molecule has 2 aromatic rings. The van der Waals surface area contributed by atoms with Gasteiger partial charge < -0.3 is 15.2 Å². The third-order valence-corrected chi connectivity index (χ3v) is 3.86. The number of pyridine rings is 1. The van der Waals surface area contributed by atoms with Crippen molar-refractivity contribution in [3.05, 3.63) is 51.8 Å². The number of hydrogen-bond acceptors (Lipinski definition) is 4. The van der Waals surface area contributed by atoms with Gasteiger partial charge >= 0.3 is 0 Å². The van der Waals surface area contributed by atoms with Crippen LogP contribution in [0.3, 0.4) is 0 Å². The Bertz CT molecular complexity index is 617. The van der Waals surface area contributed by atoms with Crippen molar-refractivity contribution in [1.82, 2.24) is 4.98 Å². The molecule has 1 heterocycles. The highest BCUT2D eigenvalue weighted by Crippen LogP contribution is 2.40. The lowest BCUT2D eigenvalue weighted by Gasteiger charge is -2.18. The maximum atomic E-state index is 6.32. The highest BCUT2D eigenvalue weighted by molar-refractivity contribution is 9.10. The Balaban J connectivity index is 2.49. The van der Waals surface area contributed by atoms with Crippen molar-refractivity contribution in [2.24, 2.45) is 5.73 Å². The van der Waals surface area contributed by atoms with Crippen LogP contribution in [0.1, 0.15) is 22.9 Å². The van der Waals surface area contributed by atoms with Gasteiger partial charge in [-0.2, -0.15) is 0 Å². The van der Waals surface area contributed by atoms with E-state index in [0.29, 0.717) is 11.5 Å². The van der Waals surface area contributed by atoms with E-state index < -0.39 is 0 Å². The lowest BCUT2D eigenvalue weighted by molar-refractivity contribution is 0.385. The number of benzene rings is 1. The van der Waals surface area contributed by atoms with Crippen molar-refractivity contribution in [2.75, 3.05) is 14.2 Å². The summed E-state index contributed by atoms with van der Waals surface area (Å²) in [6, 6.07) is 7.32. The molecule has 0 amide bonds. The predicted molar refractivity (Wildman–Crippen MR) is 82.3 cm³/mol. The van der Waals surface area contributed by atoms with Crippen LogP contribution in [0.25, 0.3) is 0 Å². The van der Waals surface area contributed by atoms with E-state index >= 15 is 0 Å². The average Bonchev–Trinajstić information content (AvgIpc) is 2.46. The van der Waals surface area contributed by atoms with Crippen molar-refractivity contribution >= 4 is 15.9 Å². The Kier molecular flexibility index (Phi) is 4.62. The Labute approximate surface area is 127 Å². The Morgan fingerprint density at radius 2 is 1.95 bits per heavy atom. The summed E-state index contributed by atoms with van der Waals surface area (Å²) in [5.74, 6) is 1.37. The van der Waals surface area contributed by atoms with Crippen molar-refractivity contribution < 1.29 is 9.47 Å². The molecule has 0 spiro atoms. The highest BCUT2D eigenvalue weighted by Gasteiger charge is 2.19. The normalized spacial score (nSPS) is 12.1. The molecule has 1 aromatic carbocycles. The van der Waals surface area contributed by atoms with Crippen molar-refractivity contribution in [1.29, 1.82) is 0 Å². The zero-order chi connectivity index (χ0) is 14.7. The van der Waals surface area contributed by atoms with Gasteiger partial charge in [0.1, 0.15) is 16.0 Å². The molecule has 0 saturated heterocycles. The van der Waals surface area contributed by atoms with Crippen molar-refractivity contribution in [3.63, 3.8) is 0 Å². The van der Waals surface area contributed by atoms with Crippen molar-refractivity contribution in [3.8, 4) is 11.5 Å². The molecule has 4 nitrogen and oxygen atoms in total. The van der Waals surface area contributed by atoms with Gasteiger partial charge in [0.25, 0.3) is 0 Å². The molecule has 0 saturated carbocycles. The molecular formula is C15H17BrN2O2. The Morgan fingerprint density at radius 3 is 2.55 bits per heavy atom. The first-order valence-electron chi connectivity index (χ1n) is 6.17. The van der Waals surface area contributed by atoms with Crippen LogP contribution in [0.15, 0.2) is 34.9 Å². The largest absolute Gasteiger partial charge is 0.495 e. The minimum atomic E-state index is -0.355. The van der Waals surface area contributed by atoms with Gasteiger partial charge in [-0.05, 0) is 52.7 Å². The molecular weight excluding hydrogens is 320 g/mol. The summed E-state index contributed by atoms with van der Waals surface area (Å²) in [6.07, 6.45) is 1.76. The summed E-state index contributed by atoms with van der Waals surface area (Å²) in [4.78, 5) is 4.34. The number of methoxy groups -OCH3 is 2. The second-order valence-electron chi connectivity index (χ2n) is 4.44. The van der Waals surface area contributed by atoms with Gasteiger partial charge in [-0.3, -0.25) is 4.98 Å². The molecule has 1 aromatic heterocycles. The van der Waals surface area contributed by atoms with Crippen LogP contribution in [0.2, 0.25) is 0 Å². The number of rotatable bonds is 4. The molecule has 1 atom stereocenters. The number of nitrogens with two attached hydrogens (primary N) is 1. The average molecular weight is 337 g/mol. The van der Waals surface area contributed by atoms with Crippen LogP contribution in [-0.2, 0) is 0 Å². The zero-order valence-corrected chi connectivity index (χ0v) is 13.3. The summed E-state index contributed by atoms with van der Waals surface area (Å²) in [5, 5.41) is 0.